The highest BCUT2D eigenvalue weighted by Crippen LogP contribution is 2.35. The molecular weight excluding hydrogens is 492 g/mol. The Morgan fingerprint density at radius 3 is 2.68 bits per heavy atom. The molecule has 10 heteroatoms. The lowest BCUT2D eigenvalue weighted by Crippen LogP contribution is -2.44. The van der Waals surface area contributed by atoms with E-state index >= 15 is 0 Å². The molecule has 34 heavy (non-hydrogen) atoms. The Labute approximate surface area is 207 Å². The van der Waals surface area contributed by atoms with Crippen molar-refractivity contribution in [1.82, 2.24) is 0 Å². The number of amides is 1. The van der Waals surface area contributed by atoms with Crippen LogP contribution in [0.2, 0.25) is 5.02 Å². The first kappa shape index (κ1) is 22.7. The van der Waals surface area contributed by atoms with Gasteiger partial charge in [-0.3, -0.25) is 9.52 Å². The van der Waals surface area contributed by atoms with Crippen molar-refractivity contribution in [1.29, 1.82) is 5.26 Å². The summed E-state index contributed by atoms with van der Waals surface area (Å²) in [6.07, 6.45) is 2.61. The SMILES string of the molecule is N#Cc1ccsc1NS(=O)(=O)c1ccc(N2CC[C@@H](N3CCCc4cc(Cl)ccc43)C2=O)cc1. The van der Waals surface area contributed by atoms with Gasteiger partial charge in [0.2, 0.25) is 5.91 Å². The van der Waals surface area contributed by atoms with Crippen molar-refractivity contribution in [3.8, 4) is 6.07 Å². The summed E-state index contributed by atoms with van der Waals surface area (Å²) in [4.78, 5) is 17.3. The lowest BCUT2D eigenvalue weighted by molar-refractivity contribution is -0.118. The Bertz CT molecular complexity index is 1400. The average molecular weight is 513 g/mol. The molecule has 0 unspecified atom stereocenters. The van der Waals surface area contributed by atoms with E-state index in [0.717, 1.165) is 42.0 Å². The number of halogens is 1. The van der Waals surface area contributed by atoms with Crippen molar-refractivity contribution in [2.45, 2.75) is 30.2 Å². The van der Waals surface area contributed by atoms with Crippen LogP contribution in [-0.4, -0.2) is 33.5 Å². The van der Waals surface area contributed by atoms with Crippen LogP contribution in [0.1, 0.15) is 24.0 Å². The van der Waals surface area contributed by atoms with E-state index in [-0.39, 0.29) is 27.4 Å². The third-order valence-corrected chi connectivity index (χ3v) is 8.78. The quantitative estimate of drug-likeness (QED) is 0.538. The van der Waals surface area contributed by atoms with Crippen molar-refractivity contribution in [3.05, 3.63) is 70.1 Å². The number of benzene rings is 2. The van der Waals surface area contributed by atoms with Crippen molar-refractivity contribution in [2.75, 3.05) is 27.6 Å². The van der Waals surface area contributed by atoms with Crippen LogP contribution in [0.5, 0.6) is 0 Å². The van der Waals surface area contributed by atoms with E-state index < -0.39 is 10.0 Å². The summed E-state index contributed by atoms with van der Waals surface area (Å²) in [6, 6.07) is 15.4. The molecule has 2 aliphatic heterocycles. The van der Waals surface area contributed by atoms with Crippen LogP contribution in [0.3, 0.4) is 0 Å². The van der Waals surface area contributed by atoms with Gasteiger partial charge in [-0.15, -0.1) is 11.3 Å². The maximum atomic E-state index is 13.3. The summed E-state index contributed by atoms with van der Waals surface area (Å²) >= 11 is 7.31. The first-order valence-corrected chi connectivity index (χ1v) is 13.6. The van der Waals surface area contributed by atoms with E-state index in [4.69, 9.17) is 16.9 Å². The molecule has 0 bridgehead atoms. The second-order valence-corrected chi connectivity index (χ2v) is 11.3. The molecule has 3 heterocycles. The number of nitrogens with one attached hydrogen (secondary N) is 1. The van der Waals surface area contributed by atoms with Crippen molar-refractivity contribution in [3.63, 3.8) is 0 Å². The van der Waals surface area contributed by atoms with Crippen LogP contribution in [0.4, 0.5) is 16.4 Å². The van der Waals surface area contributed by atoms with Gasteiger partial charge in [0, 0.05) is 29.5 Å². The van der Waals surface area contributed by atoms with Crippen molar-refractivity contribution < 1.29 is 13.2 Å². The van der Waals surface area contributed by atoms with E-state index in [1.54, 1.807) is 28.5 Å². The molecule has 0 spiro atoms. The minimum Gasteiger partial charge on any atom is -0.359 e. The summed E-state index contributed by atoms with van der Waals surface area (Å²) < 4.78 is 28.0. The largest absolute Gasteiger partial charge is 0.359 e. The number of nitrogens with zero attached hydrogens (tertiary/aromatic N) is 3. The Kier molecular flexibility index (Phi) is 5.98. The first-order chi connectivity index (χ1) is 16.4. The van der Waals surface area contributed by atoms with Crippen LogP contribution >= 0.6 is 22.9 Å². The fourth-order valence-corrected chi connectivity index (χ4v) is 6.85. The minimum atomic E-state index is -3.85. The van der Waals surface area contributed by atoms with E-state index in [2.05, 4.69) is 9.62 Å². The van der Waals surface area contributed by atoms with E-state index in [9.17, 15) is 13.2 Å². The molecule has 0 radical (unpaired) electrons. The number of aryl methyl sites for hydroxylation is 1. The molecule has 7 nitrogen and oxygen atoms in total. The van der Waals surface area contributed by atoms with Gasteiger partial charge in [-0.1, -0.05) is 11.6 Å². The maximum Gasteiger partial charge on any atom is 0.262 e. The van der Waals surface area contributed by atoms with E-state index in [0.29, 0.717) is 23.7 Å². The van der Waals surface area contributed by atoms with E-state index in [1.807, 2.05) is 24.3 Å². The Morgan fingerprint density at radius 1 is 1.12 bits per heavy atom. The number of fused-ring (bicyclic) bond motifs is 1. The average Bonchev–Trinajstić information content (AvgIpc) is 3.44. The number of hydrogen-bond donors (Lipinski definition) is 1. The number of carbonyl (C=O) groups is 1. The van der Waals surface area contributed by atoms with Gasteiger partial charge in [0.1, 0.15) is 17.1 Å². The second-order valence-electron chi connectivity index (χ2n) is 8.24. The molecule has 0 saturated carbocycles. The second kappa shape index (κ2) is 8.95. The number of thiophene rings is 1. The van der Waals surface area contributed by atoms with Crippen LogP contribution in [0, 0.1) is 11.3 Å². The molecule has 2 aromatic carbocycles. The van der Waals surface area contributed by atoms with Gasteiger partial charge in [0.15, 0.2) is 0 Å². The predicted molar refractivity (Wildman–Crippen MR) is 134 cm³/mol. The monoisotopic (exact) mass is 512 g/mol. The summed E-state index contributed by atoms with van der Waals surface area (Å²) in [5, 5.41) is 11.8. The number of hydrogen-bond acceptors (Lipinski definition) is 6. The summed E-state index contributed by atoms with van der Waals surface area (Å²) in [6.45, 7) is 1.38. The van der Waals surface area contributed by atoms with Gasteiger partial charge in [0.05, 0.1) is 10.5 Å². The van der Waals surface area contributed by atoms with Crippen molar-refractivity contribution in [2.24, 2.45) is 0 Å². The zero-order valence-corrected chi connectivity index (χ0v) is 20.5. The lowest BCUT2D eigenvalue weighted by Gasteiger charge is -2.35. The smallest absolute Gasteiger partial charge is 0.262 e. The zero-order valence-electron chi connectivity index (χ0n) is 18.1. The molecule has 2 aliphatic rings. The van der Waals surface area contributed by atoms with Crippen LogP contribution in [0.15, 0.2) is 58.8 Å². The Hall–Kier alpha value is -3.06. The van der Waals surface area contributed by atoms with Gasteiger partial charge in [-0.25, -0.2) is 8.42 Å². The summed E-state index contributed by atoms with van der Waals surface area (Å²) in [5.41, 5.74) is 3.17. The number of anilines is 3. The molecule has 1 atom stereocenters. The van der Waals surface area contributed by atoms with Crippen LogP contribution < -0.4 is 14.5 Å². The zero-order chi connectivity index (χ0) is 23.9. The molecule has 5 rings (SSSR count). The van der Waals surface area contributed by atoms with Gasteiger partial charge in [-0.2, -0.15) is 5.26 Å². The summed E-state index contributed by atoms with van der Waals surface area (Å²) in [7, 11) is -3.85. The topological polar surface area (TPSA) is 93.5 Å². The molecule has 0 aliphatic carbocycles. The molecule has 3 aromatic rings. The highest BCUT2D eigenvalue weighted by molar-refractivity contribution is 7.93. The number of carbonyl (C=O) groups excluding carboxylic acids is 1. The fourth-order valence-electron chi connectivity index (χ4n) is 4.59. The Balaban J connectivity index is 1.33. The van der Waals surface area contributed by atoms with Gasteiger partial charge in [0.25, 0.3) is 10.0 Å². The maximum absolute atomic E-state index is 13.3. The van der Waals surface area contributed by atoms with Gasteiger partial charge in [-0.05, 0) is 78.7 Å². The molecule has 1 saturated heterocycles. The normalized spacial score (nSPS) is 18.0. The molecule has 1 aromatic heterocycles. The molecule has 1 fully saturated rings. The highest BCUT2D eigenvalue weighted by Gasteiger charge is 2.38. The molecular formula is C24H21ClN4O3S2. The standard InChI is InChI=1S/C24H21ClN4O3S2/c25-18-3-8-21-16(14-18)2-1-11-29(21)22-9-12-28(24(22)30)19-4-6-20(7-5-19)34(31,32)27-23-17(15-26)10-13-33-23/h3-8,10,13-14,22,27H,1-2,9,11-12H2/t22-/m1/s1. The number of rotatable bonds is 5. The number of nitriles is 1. The van der Waals surface area contributed by atoms with Crippen molar-refractivity contribution >= 4 is 55.2 Å². The summed E-state index contributed by atoms with van der Waals surface area (Å²) in [5.74, 6) is 0.00813. The van der Waals surface area contributed by atoms with Gasteiger partial charge < -0.3 is 9.80 Å². The molecule has 174 valence electrons. The van der Waals surface area contributed by atoms with Crippen LogP contribution in [0.25, 0.3) is 0 Å². The Morgan fingerprint density at radius 2 is 1.91 bits per heavy atom. The molecule has 1 amide bonds. The molecule has 1 N–H and O–H groups in total. The first-order valence-electron chi connectivity index (χ1n) is 10.8. The van der Waals surface area contributed by atoms with Crippen LogP contribution in [-0.2, 0) is 21.2 Å². The number of sulfonamides is 1. The van der Waals surface area contributed by atoms with E-state index in [1.165, 1.54) is 12.1 Å². The highest BCUT2D eigenvalue weighted by atomic mass is 35.5. The lowest BCUT2D eigenvalue weighted by atomic mass is 9.99. The third kappa shape index (κ3) is 4.13. The third-order valence-electron chi connectivity index (χ3n) is 6.22. The fraction of sp³-hybridized carbons (Fsp3) is 0.250. The predicted octanol–water partition coefficient (Wildman–Crippen LogP) is 4.63. The van der Waals surface area contributed by atoms with Gasteiger partial charge >= 0.3 is 0 Å². The minimum absolute atomic E-state index is 0.00813.